The third kappa shape index (κ3) is 3.55. The van der Waals surface area contributed by atoms with Gasteiger partial charge in [-0.15, -0.1) is 0 Å². The van der Waals surface area contributed by atoms with Gasteiger partial charge in [0.1, 0.15) is 11.6 Å². The molecule has 4 rings (SSSR count). The van der Waals surface area contributed by atoms with Crippen LogP contribution >= 0.6 is 0 Å². The number of morpholine rings is 1. The predicted octanol–water partition coefficient (Wildman–Crippen LogP) is 2.69. The number of carbonyl (C=O) groups excluding carboxylic acids is 1. The van der Waals surface area contributed by atoms with Gasteiger partial charge in [0.05, 0.1) is 13.2 Å². The molecule has 5 nitrogen and oxygen atoms in total. The standard InChI is InChI=1S/C20H22FN3O2/c21-18-3-1-15(2-4-18)17-6-8-24(14-17)19-13-16(5-7-22-19)20(25)23-9-11-26-12-10-23/h1-5,7,13,17H,6,8-12,14H2/t17-/m1/s1. The van der Waals surface area contributed by atoms with E-state index in [1.165, 1.54) is 12.1 Å². The lowest BCUT2D eigenvalue weighted by Crippen LogP contribution is -2.40. The van der Waals surface area contributed by atoms with Crippen LogP contribution in [0.15, 0.2) is 42.6 Å². The van der Waals surface area contributed by atoms with Gasteiger partial charge in [-0.2, -0.15) is 0 Å². The Hall–Kier alpha value is -2.47. The molecule has 26 heavy (non-hydrogen) atoms. The van der Waals surface area contributed by atoms with Crippen molar-refractivity contribution in [1.82, 2.24) is 9.88 Å². The zero-order chi connectivity index (χ0) is 17.9. The number of halogens is 1. The molecule has 0 radical (unpaired) electrons. The fourth-order valence-corrected chi connectivity index (χ4v) is 3.65. The van der Waals surface area contributed by atoms with Crippen molar-refractivity contribution in [2.75, 3.05) is 44.3 Å². The van der Waals surface area contributed by atoms with Crippen molar-refractivity contribution in [1.29, 1.82) is 0 Å². The molecule has 0 unspecified atom stereocenters. The van der Waals surface area contributed by atoms with Crippen LogP contribution in [0.25, 0.3) is 0 Å². The Labute approximate surface area is 152 Å². The van der Waals surface area contributed by atoms with Gasteiger partial charge in [0.25, 0.3) is 5.91 Å². The largest absolute Gasteiger partial charge is 0.378 e. The summed E-state index contributed by atoms with van der Waals surface area (Å²) in [6.45, 7) is 4.15. The summed E-state index contributed by atoms with van der Waals surface area (Å²) in [7, 11) is 0. The Morgan fingerprint density at radius 3 is 2.65 bits per heavy atom. The van der Waals surface area contributed by atoms with Gasteiger partial charge in [-0.3, -0.25) is 4.79 Å². The summed E-state index contributed by atoms with van der Waals surface area (Å²) in [5.41, 5.74) is 1.82. The van der Waals surface area contributed by atoms with E-state index in [1.807, 2.05) is 23.1 Å². The molecule has 1 amide bonds. The zero-order valence-corrected chi connectivity index (χ0v) is 14.6. The average Bonchev–Trinajstić information content (AvgIpc) is 3.19. The van der Waals surface area contributed by atoms with Crippen LogP contribution in [0.1, 0.15) is 28.3 Å². The highest BCUT2D eigenvalue weighted by Gasteiger charge is 2.26. The van der Waals surface area contributed by atoms with Gasteiger partial charge in [-0.1, -0.05) is 12.1 Å². The molecule has 136 valence electrons. The second-order valence-electron chi connectivity index (χ2n) is 6.79. The Morgan fingerprint density at radius 1 is 1.12 bits per heavy atom. The molecule has 3 heterocycles. The van der Waals surface area contributed by atoms with Crippen LogP contribution in [-0.4, -0.2) is 55.2 Å². The number of hydrogen-bond acceptors (Lipinski definition) is 4. The first kappa shape index (κ1) is 17.0. The van der Waals surface area contributed by atoms with E-state index in [2.05, 4.69) is 9.88 Å². The van der Waals surface area contributed by atoms with E-state index in [9.17, 15) is 9.18 Å². The first-order valence-corrected chi connectivity index (χ1v) is 9.04. The molecular formula is C20H22FN3O2. The van der Waals surface area contributed by atoms with Crippen LogP contribution in [0, 0.1) is 5.82 Å². The number of rotatable bonds is 3. The topological polar surface area (TPSA) is 45.7 Å². The van der Waals surface area contributed by atoms with E-state index in [-0.39, 0.29) is 11.7 Å². The van der Waals surface area contributed by atoms with Gasteiger partial charge >= 0.3 is 0 Å². The number of benzene rings is 1. The van der Waals surface area contributed by atoms with E-state index < -0.39 is 0 Å². The predicted molar refractivity (Wildman–Crippen MR) is 96.9 cm³/mol. The van der Waals surface area contributed by atoms with E-state index in [1.54, 1.807) is 12.3 Å². The molecule has 6 heteroatoms. The van der Waals surface area contributed by atoms with Crippen molar-refractivity contribution in [3.8, 4) is 0 Å². The number of anilines is 1. The second-order valence-corrected chi connectivity index (χ2v) is 6.79. The Balaban J connectivity index is 1.46. The summed E-state index contributed by atoms with van der Waals surface area (Å²) in [6, 6.07) is 10.4. The maximum atomic E-state index is 13.1. The highest BCUT2D eigenvalue weighted by molar-refractivity contribution is 5.95. The SMILES string of the molecule is O=C(c1ccnc(N2CC[C@@H](c3ccc(F)cc3)C2)c1)N1CCOCC1. The van der Waals surface area contributed by atoms with Crippen LogP contribution in [0.3, 0.4) is 0 Å². The molecule has 2 aliphatic heterocycles. The van der Waals surface area contributed by atoms with E-state index >= 15 is 0 Å². The third-order valence-electron chi connectivity index (χ3n) is 5.14. The van der Waals surface area contributed by atoms with Crippen LogP contribution < -0.4 is 4.90 Å². The van der Waals surface area contributed by atoms with Crippen molar-refractivity contribution in [3.05, 3.63) is 59.5 Å². The van der Waals surface area contributed by atoms with E-state index in [0.29, 0.717) is 37.8 Å². The van der Waals surface area contributed by atoms with Gasteiger partial charge in [0.15, 0.2) is 0 Å². The van der Waals surface area contributed by atoms with Gasteiger partial charge in [-0.05, 0) is 36.2 Å². The Kier molecular flexibility index (Phi) is 4.84. The van der Waals surface area contributed by atoms with Crippen LogP contribution in [-0.2, 0) is 4.74 Å². The highest BCUT2D eigenvalue weighted by atomic mass is 19.1. The summed E-state index contributed by atoms with van der Waals surface area (Å²) in [5, 5.41) is 0. The molecule has 2 aliphatic rings. The molecule has 2 saturated heterocycles. The van der Waals surface area contributed by atoms with Gasteiger partial charge in [0, 0.05) is 43.9 Å². The normalized spacial score (nSPS) is 20.4. The summed E-state index contributed by atoms with van der Waals surface area (Å²) in [4.78, 5) is 21.2. The summed E-state index contributed by atoms with van der Waals surface area (Å²) in [5.74, 6) is 1.01. The summed E-state index contributed by atoms with van der Waals surface area (Å²) >= 11 is 0. The van der Waals surface area contributed by atoms with Gasteiger partial charge in [0.2, 0.25) is 0 Å². The molecule has 1 aromatic carbocycles. The maximum Gasteiger partial charge on any atom is 0.254 e. The lowest BCUT2D eigenvalue weighted by Gasteiger charge is -2.27. The lowest BCUT2D eigenvalue weighted by molar-refractivity contribution is 0.0303. The van der Waals surface area contributed by atoms with Gasteiger partial charge < -0.3 is 14.5 Å². The average molecular weight is 355 g/mol. The van der Waals surface area contributed by atoms with Gasteiger partial charge in [-0.25, -0.2) is 9.37 Å². The molecule has 0 bridgehead atoms. The fourth-order valence-electron chi connectivity index (χ4n) is 3.65. The Morgan fingerprint density at radius 2 is 1.88 bits per heavy atom. The number of aromatic nitrogens is 1. The molecule has 1 atom stereocenters. The maximum absolute atomic E-state index is 13.1. The monoisotopic (exact) mass is 355 g/mol. The second kappa shape index (κ2) is 7.41. The minimum atomic E-state index is -0.209. The number of pyridine rings is 1. The number of ether oxygens (including phenoxy) is 1. The van der Waals surface area contributed by atoms with Crippen LogP contribution in [0.4, 0.5) is 10.2 Å². The Bertz CT molecular complexity index is 775. The minimum absolute atomic E-state index is 0.0335. The minimum Gasteiger partial charge on any atom is -0.378 e. The lowest BCUT2D eigenvalue weighted by atomic mass is 9.99. The fraction of sp³-hybridized carbons (Fsp3) is 0.400. The van der Waals surface area contributed by atoms with Crippen molar-refractivity contribution in [2.45, 2.75) is 12.3 Å². The summed E-state index contributed by atoms with van der Waals surface area (Å²) in [6.07, 6.45) is 2.70. The molecule has 2 aromatic rings. The summed E-state index contributed by atoms with van der Waals surface area (Å²) < 4.78 is 18.4. The molecule has 0 saturated carbocycles. The van der Waals surface area contributed by atoms with Crippen molar-refractivity contribution < 1.29 is 13.9 Å². The van der Waals surface area contributed by atoms with E-state index in [0.717, 1.165) is 30.9 Å². The quantitative estimate of drug-likeness (QED) is 0.849. The first-order chi connectivity index (χ1) is 12.7. The number of hydrogen-bond donors (Lipinski definition) is 0. The highest BCUT2D eigenvalue weighted by Crippen LogP contribution is 2.30. The molecular weight excluding hydrogens is 333 g/mol. The third-order valence-corrected chi connectivity index (χ3v) is 5.14. The molecule has 0 N–H and O–H groups in total. The number of nitrogens with zero attached hydrogens (tertiary/aromatic N) is 3. The smallest absolute Gasteiger partial charge is 0.254 e. The molecule has 0 spiro atoms. The number of carbonyl (C=O) groups is 1. The first-order valence-electron chi connectivity index (χ1n) is 9.04. The van der Waals surface area contributed by atoms with Crippen LogP contribution in [0.5, 0.6) is 0 Å². The van der Waals surface area contributed by atoms with Crippen molar-refractivity contribution in [2.24, 2.45) is 0 Å². The molecule has 1 aromatic heterocycles. The van der Waals surface area contributed by atoms with Crippen molar-refractivity contribution in [3.63, 3.8) is 0 Å². The van der Waals surface area contributed by atoms with E-state index in [4.69, 9.17) is 4.74 Å². The van der Waals surface area contributed by atoms with Crippen molar-refractivity contribution >= 4 is 11.7 Å². The van der Waals surface area contributed by atoms with Crippen LogP contribution in [0.2, 0.25) is 0 Å². The zero-order valence-electron chi connectivity index (χ0n) is 14.6. The molecule has 0 aliphatic carbocycles. The number of amides is 1. The molecule has 2 fully saturated rings.